The number of carbonyl (C=O) groups excluding carboxylic acids is 3. The molecule has 28 heavy (non-hydrogen) atoms. The molecule has 0 aromatic carbocycles. The topological polar surface area (TPSA) is 94.2 Å². The maximum absolute atomic E-state index is 12.8. The van der Waals surface area contributed by atoms with E-state index in [0.29, 0.717) is 0 Å². The summed E-state index contributed by atoms with van der Waals surface area (Å²) in [5.74, 6) is -0.515. The number of hydrogen-bond donors (Lipinski definition) is 1. The summed E-state index contributed by atoms with van der Waals surface area (Å²) in [6.45, 7) is 10.8. The molecule has 8 heteroatoms. The Balaban J connectivity index is 2.25. The fourth-order valence-corrected chi connectivity index (χ4v) is 4.08. The van der Waals surface area contributed by atoms with Gasteiger partial charge in [-0.05, 0) is 60.8 Å². The van der Waals surface area contributed by atoms with E-state index in [9.17, 15) is 14.4 Å². The van der Waals surface area contributed by atoms with Crippen molar-refractivity contribution in [1.29, 1.82) is 0 Å². The van der Waals surface area contributed by atoms with Crippen LogP contribution in [0.3, 0.4) is 0 Å². The summed E-state index contributed by atoms with van der Waals surface area (Å²) in [6, 6.07) is -0.423. The summed E-state index contributed by atoms with van der Waals surface area (Å²) >= 11 is 0. The number of nitrogens with zero attached hydrogens (tertiary/aromatic N) is 1. The van der Waals surface area contributed by atoms with Gasteiger partial charge in [0.05, 0.1) is 7.11 Å². The molecule has 0 aliphatic carbocycles. The Kier molecular flexibility index (Phi) is 6.21. The SMILES string of the molecule is COC(=O)C1(NC(=O)OC(C)(C)C)CC2CCCC(C1)N2C(=O)OC(C)(C)C. The third kappa shape index (κ3) is 5.29. The molecule has 2 saturated heterocycles. The van der Waals surface area contributed by atoms with Gasteiger partial charge in [-0.15, -0.1) is 0 Å². The van der Waals surface area contributed by atoms with Crippen LogP contribution in [0.25, 0.3) is 0 Å². The Bertz CT molecular complexity index is 605. The molecule has 2 unspecified atom stereocenters. The molecular formula is C20H34N2O6. The number of alkyl carbamates (subject to hydrolysis) is 1. The van der Waals surface area contributed by atoms with Crippen LogP contribution in [-0.4, -0.2) is 59.0 Å². The van der Waals surface area contributed by atoms with Crippen molar-refractivity contribution in [2.75, 3.05) is 7.11 Å². The second-order valence-corrected chi connectivity index (χ2v) is 9.73. The molecular weight excluding hydrogens is 364 g/mol. The van der Waals surface area contributed by atoms with Crippen molar-refractivity contribution in [3.63, 3.8) is 0 Å². The van der Waals surface area contributed by atoms with E-state index in [0.717, 1.165) is 19.3 Å². The summed E-state index contributed by atoms with van der Waals surface area (Å²) in [6.07, 6.45) is 1.94. The lowest BCUT2D eigenvalue weighted by molar-refractivity contribution is -0.154. The van der Waals surface area contributed by atoms with Gasteiger partial charge in [0.25, 0.3) is 0 Å². The van der Waals surface area contributed by atoms with Gasteiger partial charge in [-0.3, -0.25) is 0 Å². The number of carbonyl (C=O) groups is 3. The van der Waals surface area contributed by atoms with Crippen LogP contribution in [0, 0.1) is 0 Å². The van der Waals surface area contributed by atoms with E-state index < -0.39 is 28.8 Å². The molecule has 0 radical (unpaired) electrons. The van der Waals surface area contributed by atoms with Crippen molar-refractivity contribution >= 4 is 18.2 Å². The fourth-order valence-electron chi connectivity index (χ4n) is 4.08. The predicted octanol–water partition coefficient (Wildman–Crippen LogP) is 3.37. The van der Waals surface area contributed by atoms with Crippen molar-refractivity contribution in [3.05, 3.63) is 0 Å². The Labute approximate surface area is 167 Å². The zero-order valence-corrected chi connectivity index (χ0v) is 18.1. The van der Waals surface area contributed by atoms with E-state index in [4.69, 9.17) is 14.2 Å². The number of ether oxygens (including phenoxy) is 3. The molecule has 1 N–H and O–H groups in total. The summed E-state index contributed by atoms with van der Waals surface area (Å²) in [4.78, 5) is 39.6. The van der Waals surface area contributed by atoms with Crippen LogP contribution in [-0.2, 0) is 19.0 Å². The van der Waals surface area contributed by atoms with E-state index in [1.807, 2.05) is 20.8 Å². The molecule has 2 aliphatic rings. The first-order valence-corrected chi connectivity index (χ1v) is 9.87. The van der Waals surface area contributed by atoms with Gasteiger partial charge in [-0.1, -0.05) is 0 Å². The van der Waals surface area contributed by atoms with E-state index >= 15 is 0 Å². The Morgan fingerprint density at radius 2 is 1.43 bits per heavy atom. The third-order valence-corrected chi connectivity index (χ3v) is 4.95. The van der Waals surface area contributed by atoms with Crippen LogP contribution < -0.4 is 5.32 Å². The second-order valence-electron chi connectivity index (χ2n) is 9.73. The lowest BCUT2D eigenvalue weighted by Gasteiger charge is -2.52. The van der Waals surface area contributed by atoms with E-state index in [1.54, 1.807) is 25.7 Å². The van der Waals surface area contributed by atoms with Crippen molar-refractivity contribution in [3.8, 4) is 0 Å². The van der Waals surface area contributed by atoms with Crippen LogP contribution in [0.5, 0.6) is 0 Å². The minimum Gasteiger partial charge on any atom is -0.467 e. The normalized spacial score (nSPS) is 27.6. The molecule has 2 heterocycles. The van der Waals surface area contributed by atoms with Crippen LogP contribution >= 0.6 is 0 Å². The number of amides is 2. The van der Waals surface area contributed by atoms with Gasteiger partial charge >= 0.3 is 18.2 Å². The lowest BCUT2D eigenvalue weighted by Crippen LogP contribution is -2.68. The van der Waals surface area contributed by atoms with Gasteiger partial charge in [0.2, 0.25) is 0 Å². The van der Waals surface area contributed by atoms with Crippen molar-refractivity contribution in [2.24, 2.45) is 0 Å². The highest BCUT2D eigenvalue weighted by atomic mass is 16.6. The van der Waals surface area contributed by atoms with Crippen LogP contribution in [0.4, 0.5) is 9.59 Å². The quantitative estimate of drug-likeness (QED) is 0.566. The van der Waals surface area contributed by atoms with Crippen molar-refractivity contribution < 1.29 is 28.6 Å². The smallest absolute Gasteiger partial charge is 0.410 e. The zero-order valence-electron chi connectivity index (χ0n) is 18.1. The molecule has 2 fully saturated rings. The molecule has 2 amide bonds. The maximum atomic E-state index is 12.8. The van der Waals surface area contributed by atoms with Gasteiger partial charge in [0, 0.05) is 24.9 Å². The summed E-state index contributed by atoms with van der Waals surface area (Å²) in [5, 5.41) is 2.76. The Morgan fingerprint density at radius 3 is 1.86 bits per heavy atom. The number of rotatable bonds is 2. The molecule has 2 aliphatic heterocycles. The minimum atomic E-state index is -1.22. The van der Waals surface area contributed by atoms with E-state index in [-0.39, 0.29) is 31.0 Å². The van der Waals surface area contributed by atoms with Crippen molar-refractivity contribution in [2.45, 2.75) is 102 Å². The standard InChI is InChI=1S/C20H34N2O6/c1-18(2,3)27-16(24)21-20(15(23)26-7)11-13-9-8-10-14(12-20)22(13)17(25)28-19(4,5)6/h13-14H,8-12H2,1-7H3,(H,21,24). The number of hydrogen-bond acceptors (Lipinski definition) is 6. The van der Waals surface area contributed by atoms with Gasteiger partial charge in [-0.25, -0.2) is 14.4 Å². The lowest BCUT2D eigenvalue weighted by atomic mass is 9.73. The van der Waals surface area contributed by atoms with Crippen LogP contribution in [0.1, 0.15) is 73.6 Å². The molecule has 2 rings (SSSR count). The largest absolute Gasteiger partial charge is 0.467 e. The van der Waals surface area contributed by atoms with E-state index in [2.05, 4.69) is 5.32 Å². The Hall–Kier alpha value is -1.99. The number of esters is 1. The first-order valence-electron chi connectivity index (χ1n) is 9.87. The van der Waals surface area contributed by atoms with Crippen molar-refractivity contribution in [1.82, 2.24) is 10.2 Å². The zero-order chi connectivity index (χ0) is 21.3. The van der Waals surface area contributed by atoms with Crippen LogP contribution in [0.2, 0.25) is 0 Å². The average Bonchev–Trinajstić information content (AvgIpc) is 2.49. The molecule has 0 saturated carbocycles. The number of fused-ring (bicyclic) bond motifs is 2. The summed E-state index contributed by atoms with van der Waals surface area (Å²) < 4.78 is 16.0. The minimum absolute atomic E-state index is 0.212. The first kappa shape index (κ1) is 22.3. The van der Waals surface area contributed by atoms with Gasteiger partial charge < -0.3 is 24.4 Å². The predicted molar refractivity (Wildman–Crippen MR) is 103 cm³/mol. The molecule has 0 aromatic rings. The highest BCUT2D eigenvalue weighted by Crippen LogP contribution is 2.40. The third-order valence-electron chi connectivity index (χ3n) is 4.95. The second kappa shape index (κ2) is 7.79. The molecule has 2 bridgehead atoms. The summed E-state index contributed by atoms with van der Waals surface area (Å²) in [5.41, 5.74) is -2.50. The van der Waals surface area contributed by atoms with Gasteiger partial charge in [0.15, 0.2) is 0 Å². The first-order chi connectivity index (χ1) is 12.8. The van der Waals surface area contributed by atoms with Crippen LogP contribution in [0.15, 0.2) is 0 Å². The van der Waals surface area contributed by atoms with Gasteiger partial charge in [0.1, 0.15) is 16.7 Å². The number of nitrogens with one attached hydrogen (secondary N) is 1. The molecule has 160 valence electrons. The molecule has 0 aromatic heterocycles. The fraction of sp³-hybridized carbons (Fsp3) is 0.850. The monoisotopic (exact) mass is 398 g/mol. The molecule has 2 atom stereocenters. The maximum Gasteiger partial charge on any atom is 0.410 e. The number of piperidine rings is 2. The summed E-state index contributed by atoms with van der Waals surface area (Å²) in [7, 11) is 1.30. The molecule has 0 spiro atoms. The Morgan fingerprint density at radius 1 is 0.929 bits per heavy atom. The highest BCUT2D eigenvalue weighted by Gasteiger charge is 2.54. The van der Waals surface area contributed by atoms with E-state index in [1.165, 1.54) is 7.11 Å². The average molecular weight is 399 g/mol. The molecule has 8 nitrogen and oxygen atoms in total. The highest BCUT2D eigenvalue weighted by molar-refractivity contribution is 5.86. The van der Waals surface area contributed by atoms with Gasteiger partial charge in [-0.2, -0.15) is 0 Å². The number of methoxy groups -OCH3 is 1.